The number of carbonyl (C=O) groups is 1. The molecule has 1 heterocycles. The highest BCUT2D eigenvalue weighted by atomic mass is 16.2. The van der Waals surface area contributed by atoms with Crippen LogP contribution in [0.3, 0.4) is 0 Å². The van der Waals surface area contributed by atoms with Gasteiger partial charge in [0.15, 0.2) is 5.82 Å². The average Bonchev–Trinajstić information content (AvgIpc) is 2.36. The molecule has 0 bridgehead atoms. The number of hydrogen-bond donors (Lipinski definition) is 1. The van der Waals surface area contributed by atoms with E-state index in [0.29, 0.717) is 23.8 Å². The maximum absolute atomic E-state index is 11.6. The molecule has 0 aliphatic heterocycles. The second-order valence-electron chi connectivity index (χ2n) is 4.43. The third-order valence-corrected chi connectivity index (χ3v) is 2.27. The Kier molecular flexibility index (Phi) is 5.06. The highest BCUT2D eigenvalue weighted by Crippen LogP contribution is 2.12. The molecule has 1 rings (SSSR count). The van der Waals surface area contributed by atoms with E-state index in [0.717, 1.165) is 0 Å². The second kappa shape index (κ2) is 6.55. The summed E-state index contributed by atoms with van der Waals surface area (Å²) in [5.74, 6) is 0.728. The van der Waals surface area contributed by atoms with Gasteiger partial charge in [-0.3, -0.25) is 4.79 Å². The first kappa shape index (κ1) is 13.9. The van der Waals surface area contributed by atoms with Gasteiger partial charge in [-0.2, -0.15) is 10.4 Å². The van der Waals surface area contributed by atoms with Crippen LogP contribution in [0.5, 0.6) is 0 Å². The van der Waals surface area contributed by atoms with Crippen molar-refractivity contribution in [2.24, 2.45) is 5.92 Å². The van der Waals surface area contributed by atoms with Gasteiger partial charge in [-0.1, -0.05) is 13.8 Å². The van der Waals surface area contributed by atoms with E-state index in [2.05, 4.69) is 15.5 Å². The summed E-state index contributed by atoms with van der Waals surface area (Å²) in [5, 5.41) is 19.3. The molecule has 0 radical (unpaired) electrons. The van der Waals surface area contributed by atoms with Gasteiger partial charge in [0.25, 0.3) is 0 Å². The van der Waals surface area contributed by atoms with Crippen LogP contribution in [0.2, 0.25) is 0 Å². The van der Waals surface area contributed by atoms with Gasteiger partial charge in [0.1, 0.15) is 6.07 Å². The molecular weight excluding hydrogens is 230 g/mol. The van der Waals surface area contributed by atoms with Crippen LogP contribution in [0, 0.1) is 17.2 Å². The summed E-state index contributed by atoms with van der Waals surface area (Å²) in [6.07, 6.45) is 1.45. The van der Waals surface area contributed by atoms with Crippen molar-refractivity contribution in [2.75, 3.05) is 25.0 Å². The average molecular weight is 247 g/mol. The molecule has 6 heteroatoms. The number of nitrogens with one attached hydrogen (secondary N) is 1. The Morgan fingerprint density at radius 3 is 2.94 bits per heavy atom. The number of aromatic nitrogens is 2. The SMILES string of the molecule is CC(C)CNC(=O)CN(C)c1nnccc1C#N. The monoisotopic (exact) mass is 247 g/mol. The molecule has 0 saturated carbocycles. The molecular formula is C12H17N5O. The highest BCUT2D eigenvalue weighted by Gasteiger charge is 2.12. The number of carbonyl (C=O) groups excluding carboxylic acids is 1. The summed E-state index contributed by atoms with van der Waals surface area (Å²) in [6.45, 7) is 4.85. The molecule has 1 amide bonds. The third-order valence-electron chi connectivity index (χ3n) is 2.27. The summed E-state index contributed by atoms with van der Waals surface area (Å²) >= 11 is 0. The fraction of sp³-hybridized carbons (Fsp3) is 0.500. The van der Waals surface area contributed by atoms with Gasteiger partial charge in [0.2, 0.25) is 5.91 Å². The number of rotatable bonds is 5. The van der Waals surface area contributed by atoms with Crippen LogP contribution in [-0.2, 0) is 4.79 Å². The zero-order valence-electron chi connectivity index (χ0n) is 10.8. The van der Waals surface area contributed by atoms with E-state index >= 15 is 0 Å². The van der Waals surface area contributed by atoms with E-state index in [1.807, 2.05) is 19.9 Å². The van der Waals surface area contributed by atoms with Gasteiger partial charge in [-0.05, 0) is 12.0 Å². The first-order chi connectivity index (χ1) is 8.54. The summed E-state index contributed by atoms with van der Waals surface area (Å²) in [6, 6.07) is 3.60. The van der Waals surface area contributed by atoms with Gasteiger partial charge < -0.3 is 10.2 Å². The Bertz CT molecular complexity index is 452. The molecule has 0 atom stereocenters. The Balaban J connectivity index is 2.62. The van der Waals surface area contributed by atoms with Gasteiger partial charge in [0, 0.05) is 13.6 Å². The topological polar surface area (TPSA) is 81.9 Å². The highest BCUT2D eigenvalue weighted by molar-refractivity contribution is 5.81. The normalized spacial score (nSPS) is 9.94. The first-order valence-electron chi connectivity index (χ1n) is 5.74. The van der Waals surface area contributed by atoms with E-state index < -0.39 is 0 Å². The summed E-state index contributed by atoms with van der Waals surface area (Å²) in [7, 11) is 1.71. The second-order valence-corrected chi connectivity index (χ2v) is 4.43. The van der Waals surface area contributed by atoms with Crippen molar-refractivity contribution in [3.05, 3.63) is 17.8 Å². The van der Waals surface area contributed by atoms with E-state index in [9.17, 15) is 4.79 Å². The number of nitriles is 1. The molecule has 0 spiro atoms. The predicted molar refractivity (Wildman–Crippen MR) is 67.9 cm³/mol. The van der Waals surface area contributed by atoms with Gasteiger partial charge in [0.05, 0.1) is 18.3 Å². The van der Waals surface area contributed by atoms with Crippen molar-refractivity contribution in [3.8, 4) is 6.07 Å². The number of hydrogen-bond acceptors (Lipinski definition) is 5. The van der Waals surface area contributed by atoms with Crippen molar-refractivity contribution in [1.29, 1.82) is 5.26 Å². The van der Waals surface area contributed by atoms with E-state index in [-0.39, 0.29) is 12.5 Å². The molecule has 0 aliphatic rings. The Labute approximate surface area is 107 Å². The lowest BCUT2D eigenvalue weighted by molar-refractivity contribution is -0.119. The lowest BCUT2D eigenvalue weighted by Gasteiger charge is -2.18. The van der Waals surface area contributed by atoms with Crippen LogP contribution in [0.25, 0.3) is 0 Å². The van der Waals surface area contributed by atoms with Crippen molar-refractivity contribution in [1.82, 2.24) is 15.5 Å². The Hall–Kier alpha value is -2.16. The van der Waals surface area contributed by atoms with E-state index in [1.165, 1.54) is 6.20 Å². The smallest absolute Gasteiger partial charge is 0.239 e. The van der Waals surface area contributed by atoms with Crippen LogP contribution in [0.4, 0.5) is 5.82 Å². The van der Waals surface area contributed by atoms with Crippen LogP contribution >= 0.6 is 0 Å². The molecule has 0 unspecified atom stereocenters. The Morgan fingerprint density at radius 2 is 2.33 bits per heavy atom. The fourth-order valence-corrected chi connectivity index (χ4v) is 1.36. The molecule has 1 N–H and O–H groups in total. The molecule has 0 aromatic carbocycles. The van der Waals surface area contributed by atoms with E-state index in [1.54, 1.807) is 18.0 Å². The molecule has 0 fully saturated rings. The fourth-order valence-electron chi connectivity index (χ4n) is 1.36. The van der Waals surface area contributed by atoms with Crippen LogP contribution in [0.15, 0.2) is 12.3 Å². The molecule has 18 heavy (non-hydrogen) atoms. The molecule has 1 aromatic rings. The Morgan fingerprint density at radius 1 is 1.61 bits per heavy atom. The van der Waals surface area contributed by atoms with Crippen molar-refractivity contribution < 1.29 is 4.79 Å². The van der Waals surface area contributed by atoms with Crippen LogP contribution in [0.1, 0.15) is 19.4 Å². The van der Waals surface area contributed by atoms with Crippen LogP contribution in [-0.4, -0.2) is 36.2 Å². The van der Waals surface area contributed by atoms with Crippen LogP contribution < -0.4 is 10.2 Å². The maximum atomic E-state index is 11.6. The molecule has 96 valence electrons. The zero-order valence-corrected chi connectivity index (χ0v) is 10.8. The number of nitrogens with zero attached hydrogens (tertiary/aromatic N) is 4. The van der Waals surface area contributed by atoms with Crippen molar-refractivity contribution >= 4 is 11.7 Å². The minimum atomic E-state index is -0.0965. The van der Waals surface area contributed by atoms with Gasteiger partial charge >= 0.3 is 0 Å². The minimum Gasteiger partial charge on any atom is -0.354 e. The third kappa shape index (κ3) is 4.01. The molecule has 0 aliphatic carbocycles. The number of amides is 1. The summed E-state index contributed by atoms with van der Waals surface area (Å²) in [5.41, 5.74) is 0.407. The predicted octanol–water partition coefficient (Wildman–Crippen LogP) is 0.557. The number of anilines is 1. The molecule has 0 saturated heterocycles. The minimum absolute atomic E-state index is 0.0965. The molecule has 1 aromatic heterocycles. The lowest BCUT2D eigenvalue weighted by Crippen LogP contribution is -2.37. The lowest BCUT2D eigenvalue weighted by atomic mass is 10.2. The standard InChI is InChI=1S/C12H17N5O/c1-9(2)7-14-11(18)8-17(3)12-10(6-13)4-5-15-16-12/h4-5,9H,7-8H2,1-3H3,(H,14,18). The van der Waals surface area contributed by atoms with Gasteiger partial charge in [-0.15, -0.1) is 5.10 Å². The van der Waals surface area contributed by atoms with Crippen molar-refractivity contribution in [3.63, 3.8) is 0 Å². The zero-order chi connectivity index (χ0) is 13.5. The largest absolute Gasteiger partial charge is 0.354 e. The summed E-state index contributed by atoms with van der Waals surface area (Å²) in [4.78, 5) is 13.3. The van der Waals surface area contributed by atoms with E-state index in [4.69, 9.17) is 5.26 Å². The quantitative estimate of drug-likeness (QED) is 0.822. The van der Waals surface area contributed by atoms with Gasteiger partial charge in [-0.25, -0.2) is 0 Å². The maximum Gasteiger partial charge on any atom is 0.239 e. The van der Waals surface area contributed by atoms with Crippen molar-refractivity contribution in [2.45, 2.75) is 13.8 Å². The summed E-state index contributed by atoms with van der Waals surface area (Å²) < 4.78 is 0. The molecule has 6 nitrogen and oxygen atoms in total. The first-order valence-corrected chi connectivity index (χ1v) is 5.74. The number of likely N-dealkylation sites (N-methyl/N-ethyl adjacent to an activating group) is 1.